The molecule has 0 N–H and O–H groups in total. The van der Waals surface area contributed by atoms with Crippen LogP contribution in [0.2, 0.25) is 0 Å². The molecule has 2 unspecified atom stereocenters. The Hall–Kier alpha value is -0.0700. The van der Waals surface area contributed by atoms with Gasteiger partial charge in [-0.1, -0.05) is 6.92 Å². The van der Waals surface area contributed by atoms with E-state index in [2.05, 4.69) is 0 Å². The van der Waals surface area contributed by atoms with E-state index in [1.54, 1.807) is 0 Å². The van der Waals surface area contributed by atoms with Gasteiger partial charge in [0.25, 0.3) is 0 Å². The zero-order chi connectivity index (χ0) is 4.57. The van der Waals surface area contributed by atoms with Crippen molar-refractivity contribution in [2.75, 3.05) is 0 Å². The van der Waals surface area contributed by atoms with Gasteiger partial charge >= 0.3 is 0 Å². The molecule has 0 bridgehead atoms. The van der Waals surface area contributed by atoms with Crippen molar-refractivity contribution < 1.29 is 4.39 Å². The van der Waals surface area contributed by atoms with Gasteiger partial charge in [-0.25, -0.2) is 4.39 Å². The van der Waals surface area contributed by atoms with E-state index in [4.69, 9.17) is 0 Å². The second kappa shape index (κ2) is 1.21. The molecule has 0 aromatic rings. The molecule has 1 heteroatoms. The zero-order valence-electron chi connectivity index (χ0n) is 3.95. The van der Waals surface area contributed by atoms with Crippen LogP contribution in [0.25, 0.3) is 0 Å². The molecular weight excluding hydrogens is 79.1 g/mol. The molecule has 1 aliphatic carbocycles. The summed E-state index contributed by atoms with van der Waals surface area (Å²) < 4.78 is 11.9. The molecule has 0 aromatic carbocycles. The van der Waals surface area contributed by atoms with Crippen LogP contribution in [0.15, 0.2) is 0 Å². The van der Waals surface area contributed by atoms with Crippen molar-refractivity contribution in [3.63, 3.8) is 0 Å². The molecule has 2 atom stereocenters. The second-order valence-corrected chi connectivity index (χ2v) is 2.07. The van der Waals surface area contributed by atoms with Gasteiger partial charge in [0, 0.05) is 0 Å². The van der Waals surface area contributed by atoms with Gasteiger partial charge in [0.1, 0.15) is 6.17 Å². The summed E-state index contributed by atoms with van der Waals surface area (Å²) in [5, 5.41) is 0. The van der Waals surface area contributed by atoms with Crippen molar-refractivity contribution in [1.82, 2.24) is 0 Å². The minimum atomic E-state index is -0.468. The lowest BCUT2D eigenvalue weighted by atomic mass is 9.85. The number of hydrogen-bond acceptors (Lipinski definition) is 0. The van der Waals surface area contributed by atoms with E-state index in [9.17, 15) is 4.39 Å². The maximum Gasteiger partial charge on any atom is 0.103 e. The molecule has 0 aromatic heterocycles. The van der Waals surface area contributed by atoms with Gasteiger partial charge in [0.2, 0.25) is 0 Å². The molecule has 0 amide bonds. The normalized spacial score (nSPS) is 45.0. The van der Waals surface area contributed by atoms with Gasteiger partial charge in [-0.05, 0) is 18.8 Å². The minimum absolute atomic E-state index is 0.366. The fourth-order valence-electron chi connectivity index (χ4n) is 0.626. The minimum Gasteiger partial charge on any atom is -0.247 e. The third-order valence-corrected chi connectivity index (χ3v) is 1.52. The van der Waals surface area contributed by atoms with E-state index < -0.39 is 6.17 Å². The van der Waals surface area contributed by atoms with Gasteiger partial charge in [-0.3, -0.25) is 0 Å². The Bertz CT molecular complexity index is 43.9. The van der Waals surface area contributed by atoms with Crippen LogP contribution < -0.4 is 0 Å². The molecule has 1 rings (SSSR count). The first-order chi connectivity index (χ1) is 2.80. The Balaban J connectivity index is 2.20. The fraction of sp³-hybridized carbons (Fsp3) is 1.00. The molecule has 0 aliphatic heterocycles. The van der Waals surface area contributed by atoms with Gasteiger partial charge in [-0.2, -0.15) is 0 Å². The molecule has 0 radical (unpaired) electrons. The van der Waals surface area contributed by atoms with Crippen molar-refractivity contribution in [3.8, 4) is 0 Å². The van der Waals surface area contributed by atoms with Gasteiger partial charge < -0.3 is 0 Å². The van der Waals surface area contributed by atoms with Crippen LogP contribution in [0.1, 0.15) is 19.8 Å². The van der Waals surface area contributed by atoms with Crippen LogP contribution in [0, 0.1) is 5.92 Å². The van der Waals surface area contributed by atoms with Crippen molar-refractivity contribution in [1.29, 1.82) is 0 Å². The Morgan fingerprint density at radius 2 is 2.00 bits per heavy atom. The van der Waals surface area contributed by atoms with Crippen molar-refractivity contribution in [2.45, 2.75) is 25.9 Å². The molecule has 0 nitrogen and oxygen atoms in total. The Kier molecular flexibility index (Phi) is 0.827. The molecule has 1 aliphatic rings. The van der Waals surface area contributed by atoms with Crippen LogP contribution in [0.3, 0.4) is 0 Å². The van der Waals surface area contributed by atoms with Gasteiger partial charge in [-0.15, -0.1) is 0 Å². The first-order valence-electron chi connectivity index (χ1n) is 2.45. The molecular formula is C5H9F. The van der Waals surface area contributed by atoms with E-state index in [0.717, 1.165) is 12.8 Å². The van der Waals surface area contributed by atoms with E-state index in [0.29, 0.717) is 5.92 Å². The standard InChI is InChI=1S/C5H9F/c1-4-2-3-5(4)6/h4-5H,2-3H2,1H3. The largest absolute Gasteiger partial charge is 0.247 e. The van der Waals surface area contributed by atoms with Crippen molar-refractivity contribution in [2.24, 2.45) is 5.92 Å². The lowest BCUT2D eigenvalue weighted by Gasteiger charge is -2.25. The lowest BCUT2D eigenvalue weighted by molar-refractivity contribution is 0.128. The predicted octanol–water partition coefficient (Wildman–Crippen LogP) is 1.75. The lowest BCUT2D eigenvalue weighted by Crippen LogP contribution is -2.23. The Labute approximate surface area is 37.4 Å². The highest BCUT2D eigenvalue weighted by atomic mass is 19.1. The van der Waals surface area contributed by atoms with Crippen LogP contribution in [-0.2, 0) is 0 Å². The summed E-state index contributed by atoms with van der Waals surface area (Å²) >= 11 is 0. The monoisotopic (exact) mass is 88.1 g/mol. The first-order valence-corrected chi connectivity index (χ1v) is 2.45. The summed E-state index contributed by atoms with van der Waals surface area (Å²) in [6, 6.07) is 0. The highest BCUT2D eigenvalue weighted by molar-refractivity contribution is 4.75. The average molecular weight is 88.1 g/mol. The number of alkyl halides is 1. The predicted molar refractivity (Wildman–Crippen MR) is 23.3 cm³/mol. The highest BCUT2D eigenvalue weighted by Gasteiger charge is 2.25. The molecule has 0 heterocycles. The molecule has 1 fully saturated rings. The summed E-state index contributed by atoms with van der Waals surface area (Å²) in [6.07, 6.45) is 1.44. The molecule has 1 saturated carbocycles. The topological polar surface area (TPSA) is 0 Å². The number of halogens is 1. The van der Waals surface area contributed by atoms with E-state index >= 15 is 0 Å². The third kappa shape index (κ3) is 0.423. The highest BCUT2D eigenvalue weighted by Crippen LogP contribution is 2.28. The summed E-state index contributed by atoms with van der Waals surface area (Å²) in [4.78, 5) is 0. The second-order valence-electron chi connectivity index (χ2n) is 2.07. The Morgan fingerprint density at radius 3 is 2.00 bits per heavy atom. The SMILES string of the molecule is CC1CCC1F. The van der Waals surface area contributed by atoms with Crippen LogP contribution in [0.4, 0.5) is 4.39 Å². The van der Waals surface area contributed by atoms with Crippen LogP contribution >= 0.6 is 0 Å². The maximum atomic E-state index is 11.9. The molecule has 36 valence electrons. The Morgan fingerprint density at radius 1 is 1.50 bits per heavy atom. The van der Waals surface area contributed by atoms with Crippen molar-refractivity contribution in [3.05, 3.63) is 0 Å². The fourth-order valence-corrected chi connectivity index (χ4v) is 0.626. The number of hydrogen-bond donors (Lipinski definition) is 0. The average Bonchev–Trinajstić information content (AvgIpc) is 1.61. The quantitative estimate of drug-likeness (QED) is 0.423. The molecule has 6 heavy (non-hydrogen) atoms. The van der Waals surface area contributed by atoms with Gasteiger partial charge in [0.15, 0.2) is 0 Å². The summed E-state index contributed by atoms with van der Waals surface area (Å²) in [7, 11) is 0. The van der Waals surface area contributed by atoms with Gasteiger partial charge in [0.05, 0.1) is 0 Å². The molecule has 0 saturated heterocycles. The van der Waals surface area contributed by atoms with Crippen LogP contribution in [-0.4, -0.2) is 6.17 Å². The van der Waals surface area contributed by atoms with E-state index in [1.165, 1.54) is 0 Å². The number of rotatable bonds is 0. The van der Waals surface area contributed by atoms with Crippen molar-refractivity contribution >= 4 is 0 Å². The summed E-state index contributed by atoms with van der Waals surface area (Å²) in [6.45, 7) is 1.95. The maximum absolute atomic E-state index is 11.9. The summed E-state index contributed by atoms with van der Waals surface area (Å²) in [5.41, 5.74) is 0. The zero-order valence-corrected chi connectivity index (χ0v) is 3.95. The smallest absolute Gasteiger partial charge is 0.103 e. The van der Waals surface area contributed by atoms with E-state index in [1.807, 2.05) is 6.92 Å². The third-order valence-electron chi connectivity index (χ3n) is 1.52. The first kappa shape index (κ1) is 4.10. The van der Waals surface area contributed by atoms with Crippen LogP contribution in [0.5, 0.6) is 0 Å². The molecule has 0 spiro atoms. The van der Waals surface area contributed by atoms with E-state index in [-0.39, 0.29) is 0 Å². The summed E-state index contributed by atoms with van der Waals surface area (Å²) in [5.74, 6) is 0.366.